The second-order valence-electron chi connectivity index (χ2n) is 9.63. The van der Waals surface area contributed by atoms with Gasteiger partial charge in [0.2, 0.25) is 5.82 Å². The van der Waals surface area contributed by atoms with Gasteiger partial charge in [0.1, 0.15) is 5.92 Å². The average molecular weight is 477 g/mol. The van der Waals surface area contributed by atoms with E-state index in [1.807, 2.05) is 12.1 Å². The van der Waals surface area contributed by atoms with Gasteiger partial charge in [0.25, 0.3) is 5.56 Å². The second-order valence-corrected chi connectivity index (χ2v) is 9.63. The Bertz CT molecular complexity index is 1370. The van der Waals surface area contributed by atoms with Gasteiger partial charge < -0.3 is 9.30 Å². The minimum absolute atomic E-state index is 0.120. The summed E-state index contributed by atoms with van der Waals surface area (Å²) in [6.07, 6.45) is 12.9. The molecule has 182 valence electrons. The Balaban J connectivity index is 1.26. The van der Waals surface area contributed by atoms with E-state index in [0.717, 1.165) is 51.5 Å². The number of carbonyl (C=O) groups is 1. The van der Waals surface area contributed by atoms with Crippen molar-refractivity contribution < 1.29 is 14.1 Å². The Morgan fingerprint density at radius 2 is 1.94 bits per heavy atom. The van der Waals surface area contributed by atoms with Crippen LogP contribution in [0, 0.1) is 5.92 Å². The number of hydrogen-bond donors (Lipinski definition) is 1. The lowest BCUT2D eigenvalue weighted by atomic mass is 9.89. The van der Waals surface area contributed by atoms with Crippen LogP contribution in [0.25, 0.3) is 6.08 Å². The number of aromatic amines is 1. The van der Waals surface area contributed by atoms with Crippen LogP contribution in [0.15, 0.2) is 33.8 Å². The second kappa shape index (κ2) is 9.43. The summed E-state index contributed by atoms with van der Waals surface area (Å²) < 4.78 is 8.57. The molecular formula is C25H30N7O3+. The zero-order chi connectivity index (χ0) is 23.8. The van der Waals surface area contributed by atoms with Gasteiger partial charge in [-0.2, -0.15) is 9.67 Å². The van der Waals surface area contributed by atoms with Crippen LogP contribution in [0.2, 0.25) is 0 Å². The highest BCUT2D eigenvalue weighted by Gasteiger charge is 2.36. The van der Waals surface area contributed by atoms with Gasteiger partial charge in [0.05, 0.1) is 35.7 Å². The van der Waals surface area contributed by atoms with Gasteiger partial charge in [0, 0.05) is 43.4 Å². The van der Waals surface area contributed by atoms with Crippen LogP contribution in [-0.2, 0) is 16.1 Å². The third kappa shape index (κ3) is 4.32. The monoisotopic (exact) mass is 476 g/mol. The standard InChI is InChI=1S/C25H30N7O3/c33-23-18-16-19-21(26-20(18)6-8-31(23)11-10-30-12-14-35-15-13-30)7-9-32(24(19)34)25-27-22(28-29-25)17-4-2-1-3-5-17/h6-9,16-17,19H,1-5,10-15H2,(H,27,28,29)/q+1. The SMILES string of the molecule is O=C1C2C=c3c(ccn(CCN4CCOCC4)c3=O)=NC2=CC=[N+]1c1n[nH]c(C2CCCCC2)n1. The van der Waals surface area contributed by atoms with Gasteiger partial charge >= 0.3 is 11.9 Å². The minimum Gasteiger partial charge on any atom is -0.379 e. The van der Waals surface area contributed by atoms with Gasteiger partial charge in [-0.15, -0.1) is 0 Å². The molecule has 1 N–H and O–H groups in total. The summed E-state index contributed by atoms with van der Waals surface area (Å²) in [5, 5.41) is 8.46. The smallest absolute Gasteiger partial charge is 0.379 e. The number of ether oxygens (including phenoxy) is 1. The third-order valence-corrected chi connectivity index (χ3v) is 7.44. The van der Waals surface area contributed by atoms with Crippen molar-refractivity contribution in [2.75, 3.05) is 32.8 Å². The maximum atomic E-state index is 13.4. The predicted octanol–water partition coefficient (Wildman–Crippen LogP) is 0.215. The maximum absolute atomic E-state index is 13.4. The molecule has 10 heteroatoms. The van der Waals surface area contributed by atoms with Gasteiger partial charge in [-0.25, -0.2) is 0 Å². The molecule has 3 aliphatic heterocycles. The minimum atomic E-state index is -0.632. The first-order chi connectivity index (χ1) is 17.2. The number of allylic oxidation sites excluding steroid dienone is 1. The van der Waals surface area contributed by atoms with Crippen LogP contribution < -0.4 is 16.1 Å². The summed E-state index contributed by atoms with van der Waals surface area (Å²) in [7, 11) is 0. The van der Waals surface area contributed by atoms with Crippen LogP contribution in [0.4, 0.5) is 5.95 Å². The highest BCUT2D eigenvalue weighted by atomic mass is 16.5. The summed E-state index contributed by atoms with van der Waals surface area (Å²) in [5.74, 6) is 0.735. The molecule has 1 amide bonds. The number of H-pyrrole nitrogens is 1. The highest BCUT2D eigenvalue weighted by Crippen LogP contribution is 2.31. The van der Waals surface area contributed by atoms with Crippen molar-refractivity contribution in [2.24, 2.45) is 10.9 Å². The number of fused-ring (bicyclic) bond motifs is 2. The molecule has 35 heavy (non-hydrogen) atoms. The topological polar surface area (TPSA) is 108 Å². The van der Waals surface area contributed by atoms with E-state index in [1.165, 1.54) is 23.8 Å². The van der Waals surface area contributed by atoms with E-state index in [1.54, 1.807) is 23.1 Å². The lowest BCUT2D eigenvalue weighted by Crippen LogP contribution is -2.49. The number of rotatable bonds is 5. The highest BCUT2D eigenvalue weighted by molar-refractivity contribution is 5.91. The Labute approximate surface area is 202 Å². The van der Waals surface area contributed by atoms with Crippen LogP contribution in [0.5, 0.6) is 0 Å². The number of pyridine rings is 1. The summed E-state index contributed by atoms with van der Waals surface area (Å²) in [6.45, 7) is 4.58. The van der Waals surface area contributed by atoms with Gasteiger partial charge in [-0.3, -0.25) is 19.5 Å². The zero-order valence-corrected chi connectivity index (χ0v) is 19.7. The fraction of sp³-hybridized carbons (Fsp3) is 0.520. The van der Waals surface area contributed by atoms with Crippen molar-refractivity contribution in [3.05, 3.63) is 50.8 Å². The van der Waals surface area contributed by atoms with E-state index in [4.69, 9.17) is 4.74 Å². The first kappa shape index (κ1) is 22.2. The molecule has 0 aromatic carbocycles. The number of carbonyl (C=O) groups excluding carboxylic acids is 1. The van der Waals surface area contributed by atoms with Gasteiger partial charge in [0.15, 0.2) is 0 Å². The van der Waals surface area contributed by atoms with Crippen molar-refractivity contribution in [1.29, 1.82) is 0 Å². The van der Waals surface area contributed by atoms with Crippen LogP contribution in [0.1, 0.15) is 43.8 Å². The van der Waals surface area contributed by atoms with E-state index >= 15 is 0 Å². The quantitative estimate of drug-likeness (QED) is 0.619. The lowest BCUT2D eigenvalue weighted by molar-refractivity contribution is -0.373. The van der Waals surface area contributed by atoms with Crippen LogP contribution in [0.3, 0.4) is 0 Å². The molecule has 0 radical (unpaired) electrons. The molecule has 2 aromatic heterocycles. The zero-order valence-electron chi connectivity index (χ0n) is 19.7. The molecule has 10 nitrogen and oxygen atoms in total. The van der Waals surface area contributed by atoms with Gasteiger partial charge in [-0.05, 0) is 36.0 Å². The number of aromatic nitrogens is 4. The molecule has 1 saturated heterocycles. The largest absolute Gasteiger partial charge is 0.462 e. The van der Waals surface area contributed by atoms with E-state index in [0.29, 0.717) is 34.7 Å². The van der Waals surface area contributed by atoms with Crippen molar-refractivity contribution in [1.82, 2.24) is 24.6 Å². The molecule has 2 fully saturated rings. The molecule has 6 rings (SSSR count). The lowest BCUT2D eigenvalue weighted by Gasteiger charge is -2.26. The Morgan fingerprint density at radius 1 is 1.11 bits per heavy atom. The molecular weight excluding hydrogens is 446 g/mol. The van der Waals surface area contributed by atoms with E-state index in [9.17, 15) is 9.59 Å². The number of nitrogens with one attached hydrogen (secondary N) is 1. The molecule has 4 aliphatic rings. The van der Waals surface area contributed by atoms with E-state index < -0.39 is 5.92 Å². The van der Waals surface area contributed by atoms with E-state index in [-0.39, 0.29) is 11.5 Å². The van der Waals surface area contributed by atoms with Crippen LogP contribution in [-0.4, -0.2) is 74.2 Å². The number of amides is 1. The van der Waals surface area contributed by atoms with Crippen molar-refractivity contribution in [3.63, 3.8) is 0 Å². The van der Waals surface area contributed by atoms with Crippen LogP contribution >= 0.6 is 0 Å². The first-order valence-corrected chi connectivity index (χ1v) is 12.6. The molecule has 1 unspecified atom stereocenters. The summed E-state index contributed by atoms with van der Waals surface area (Å²) in [4.78, 5) is 38.2. The summed E-state index contributed by atoms with van der Waals surface area (Å²) in [6, 6.07) is 1.85. The molecule has 1 atom stereocenters. The molecule has 5 heterocycles. The average Bonchev–Trinajstić information content (AvgIpc) is 3.39. The third-order valence-electron chi connectivity index (χ3n) is 7.44. The number of morpholine rings is 1. The maximum Gasteiger partial charge on any atom is 0.462 e. The predicted molar refractivity (Wildman–Crippen MR) is 128 cm³/mol. The normalized spacial score (nSPS) is 23.0. The molecule has 1 saturated carbocycles. The Hall–Kier alpha value is -3.24. The summed E-state index contributed by atoms with van der Waals surface area (Å²) in [5.41, 5.74) is 0.511. The molecule has 1 aliphatic carbocycles. The molecule has 2 aromatic rings. The van der Waals surface area contributed by atoms with E-state index in [2.05, 4.69) is 25.1 Å². The number of hydrogen-bond acceptors (Lipinski definition) is 7. The van der Waals surface area contributed by atoms with Crippen molar-refractivity contribution in [3.8, 4) is 0 Å². The summed E-state index contributed by atoms with van der Waals surface area (Å²) >= 11 is 0. The molecule has 0 spiro atoms. The number of nitrogens with zero attached hydrogens (tertiary/aromatic N) is 6. The van der Waals surface area contributed by atoms with Crippen molar-refractivity contribution in [2.45, 2.75) is 44.6 Å². The van der Waals surface area contributed by atoms with Crippen molar-refractivity contribution >= 4 is 24.1 Å². The molecule has 0 bridgehead atoms. The fourth-order valence-electron chi connectivity index (χ4n) is 5.36. The fourth-order valence-corrected chi connectivity index (χ4v) is 5.36. The Morgan fingerprint density at radius 3 is 2.77 bits per heavy atom. The Kier molecular flexibility index (Phi) is 5.99. The first-order valence-electron chi connectivity index (χ1n) is 12.6. The van der Waals surface area contributed by atoms with Gasteiger partial charge in [-0.1, -0.05) is 19.3 Å².